The number of aromatic nitrogens is 2. The lowest BCUT2D eigenvalue weighted by Crippen LogP contribution is -2.47. The maximum Gasteiger partial charge on any atom is 0.135 e. The average Bonchev–Trinajstić information content (AvgIpc) is 3.00. The molecule has 2 saturated heterocycles. The second-order valence-corrected chi connectivity index (χ2v) is 7.33. The predicted octanol–water partition coefficient (Wildman–Crippen LogP) is 0.721. The highest BCUT2D eigenvalue weighted by Crippen LogP contribution is 2.30. The van der Waals surface area contributed by atoms with Crippen molar-refractivity contribution < 1.29 is 5.11 Å². The largest absolute Gasteiger partial charge is 0.396 e. The van der Waals surface area contributed by atoms with Crippen molar-refractivity contribution in [3.05, 3.63) is 18.1 Å². The Labute approximate surface area is 145 Å². The van der Waals surface area contributed by atoms with Gasteiger partial charge in [-0.2, -0.15) is 0 Å². The minimum absolute atomic E-state index is 0.267. The molecule has 6 heteroatoms. The Morgan fingerprint density at radius 3 is 2.62 bits per heavy atom. The number of aryl methyl sites for hydroxylation is 1. The highest BCUT2D eigenvalue weighted by Gasteiger charge is 2.35. The fourth-order valence-corrected chi connectivity index (χ4v) is 3.97. The molecule has 0 amide bonds. The summed E-state index contributed by atoms with van der Waals surface area (Å²) in [5.41, 5.74) is 1.23. The third kappa shape index (κ3) is 4.05. The summed E-state index contributed by atoms with van der Waals surface area (Å²) in [7, 11) is 2.19. The SMILES string of the molecule is CCCc1cncnc1N1C[C@@H](CN2CCN(C)CC2)[C@@H](CO)C1. The molecule has 0 aliphatic carbocycles. The summed E-state index contributed by atoms with van der Waals surface area (Å²) in [4.78, 5) is 16.1. The van der Waals surface area contributed by atoms with Gasteiger partial charge >= 0.3 is 0 Å². The fourth-order valence-electron chi connectivity index (χ4n) is 3.97. The summed E-state index contributed by atoms with van der Waals surface area (Å²) in [6.45, 7) is 10.0. The number of nitrogens with zero attached hydrogens (tertiary/aromatic N) is 5. The Hall–Kier alpha value is -1.24. The third-order valence-electron chi connectivity index (χ3n) is 5.48. The van der Waals surface area contributed by atoms with Crippen molar-refractivity contribution in [2.45, 2.75) is 19.8 Å². The van der Waals surface area contributed by atoms with Crippen LogP contribution in [0, 0.1) is 11.8 Å². The van der Waals surface area contributed by atoms with Gasteiger partial charge in [-0.15, -0.1) is 0 Å². The summed E-state index contributed by atoms with van der Waals surface area (Å²) in [5.74, 6) is 1.93. The number of hydrogen-bond acceptors (Lipinski definition) is 6. The highest BCUT2D eigenvalue weighted by atomic mass is 16.3. The molecule has 2 fully saturated rings. The van der Waals surface area contributed by atoms with E-state index >= 15 is 0 Å². The summed E-state index contributed by atoms with van der Waals surface area (Å²) in [5, 5.41) is 9.86. The molecule has 3 heterocycles. The lowest BCUT2D eigenvalue weighted by molar-refractivity contribution is 0.116. The molecule has 2 atom stereocenters. The summed E-state index contributed by atoms with van der Waals surface area (Å²) in [6, 6.07) is 0. The molecule has 6 nitrogen and oxygen atoms in total. The van der Waals surface area contributed by atoms with Crippen LogP contribution in [0.5, 0.6) is 0 Å². The monoisotopic (exact) mass is 333 g/mol. The van der Waals surface area contributed by atoms with Gasteiger partial charge in [0.2, 0.25) is 0 Å². The van der Waals surface area contributed by atoms with Crippen molar-refractivity contribution in [1.82, 2.24) is 19.8 Å². The molecule has 134 valence electrons. The molecule has 2 aliphatic heterocycles. The molecular weight excluding hydrogens is 302 g/mol. The lowest BCUT2D eigenvalue weighted by atomic mass is 9.96. The molecule has 1 aromatic rings. The molecule has 0 bridgehead atoms. The first-order valence-corrected chi connectivity index (χ1v) is 9.26. The van der Waals surface area contributed by atoms with Crippen LogP contribution in [0.3, 0.4) is 0 Å². The van der Waals surface area contributed by atoms with Gasteiger partial charge in [0.25, 0.3) is 0 Å². The van der Waals surface area contributed by atoms with E-state index in [1.54, 1.807) is 6.33 Å². The first-order chi connectivity index (χ1) is 11.7. The van der Waals surface area contributed by atoms with Crippen molar-refractivity contribution in [3.8, 4) is 0 Å². The molecule has 1 aromatic heterocycles. The molecule has 0 spiro atoms. The van der Waals surface area contributed by atoms with E-state index in [2.05, 4.69) is 38.6 Å². The minimum atomic E-state index is 0.267. The van der Waals surface area contributed by atoms with Gasteiger partial charge in [0.05, 0.1) is 0 Å². The van der Waals surface area contributed by atoms with Crippen molar-refractivity contribution in [3.63, 3.8) is 0 Å². The van der Waals surface area contributed by atoms with Gasteiger partial charge in [-0.3, -0.25) is 0 Å². The van der Waals surface area contributed by atoms with Crippen molar-refractivity contribution in [1.29, 1.82) is 0 Å². The second-order valence-electron chi connectivity index (χ2n) is 7.33. The number of rotatable bonds is 6. The van der Waals surface area contributed by atoms with E-state index in [9.17, 15) is 5.11 Å². The molecule has 3 rings (SSSR count). The highest BCUT2D eigenvalue weighted by molar-refractivity contribution is 5.46. The molecular formula is C18H31N5O. The van der Waals surface area contributed by atoms with Crippen LogP contribution in [0.4, 0.5) is 5.82 Å². The van der Waals surface area contributed by atoms with Crippen LogP contribution in [-0.2, 0) is 6.42 Å². The smallest absolute Gasteiger partial charge is 0.135 e. The molecule has 0 unspecified atom stereocenters. The van der Waals surface area contributed by atoms with Crippen LogP contribution in [0.25, 0.3) is 0 Å². The quantitative estimate of drug-likeness (QED) is 0.828. The maximum atomic E-state index is 9.86. The Balaban J connectivity index is 1.66. The molecule has 1 N–H and O–H groups in total. The minimum Gasteiger partial charge on any atom is -0.396 e. The molecule has 0 aromatic carbocycles. The third-order valence-corrected chi connectivity index (χ3v) is 5.48. The Kier molecular flexibility index (Phi) is 6.03. The molecule has 2 aliphatic rings. The zero-order chi connectivity index (χ0) is 16.9. The van der Waals surface area contributed by atoms with Gasteiger partial charge in [-0.1, -0.05) is 13.3 Å². The van der Waals surface area contributed by atoms with Gasteiger partial charge in [0.15, 0.2) is 0 Å². The Morgan fingerprint density at radius 1 is 1.17 bits per heavy atom. The predicted molar refractivity (Wildman–Crippen MR) is 96.2 cm³/mol. The van der Waals surface area contributed by atoms with Crippen LogP contribution in [-0.4, -0.2) is 84.3 Å². The van der Waals surface area contributed by atoms with E-state index in [1.807, 2.05) is 6.20 Å². The number of anilines is 1. The summed E-state index contributed by atoms with van der Waals surface area (Å²) >= 11 is 0. The van der Waals surface area contributed by atoms with Gasteiger partial charge in [-0.05, 0) is 19.4 Å². The average molecular weight is 333 g/mol. The van der Waals surface area contributed by atoms with E-state index in [-0.39, 0.29) is 6.61 Å². The van der Waals surface area contributed by atoms with Gasteiger partial charge in [0, 0.05) is 70.1 Å². The van der Waals surface area contributed by atoms with Crippen LogP contribution < -0.4 is 4.90 Å². The number of aliphatic hydroxyl groups excluding tert-OH is 1. The van der Waals surface area contributed by atoms with Gasteiger partial charge in [0.1, 0.15) is 12.1 Å². The Morgan fingerprint density at radius 2 is 1.92 bits per heavy atom. The summed E-state index contributed by atoms with van der Waals surface area (Å²) in [6.07, 6.45) is 5.71. The Bertz CT molecular complexity index is 518. The van der Waals surface area contributed by atoms with Gasteiger partial charge in [-0.25, -0.2) is 9.97 Å². The lowest BCUT2D eigenvalue weighted by Gasteiger charge is -2.34. The van der Waals surface area contributed by atoms with E-state index in [1.165, 1.54) is 5.56 Å². The van der Waals surface area contributed by atoms with Crippen LogP contribution in [0.15, 0.2) is 12.5 Å². The number of aliphatic hydroxyl groups is 1. The number of hydrogen-bond donors (Lipinski definition) is 1. The topological polar surface area (TPSA) is 55.7 Å². The fraction of sp³-hybridized carbons (Fsp3) is 0.778. The molecule has 24 heavy (non-hydrogen) atoms. The van der Waals surface area contributed by atoms with E-state index in [4.69, 9.17) is 0 Å². The standard InChI is InChI=1S/C18H31N5O/c1-3-4-15-9-19-14-20-18(15)23-11-16(17(12-23)13-24)10-22-7-5-21(2)6-8-22/h9,14,16-17,24H,3-8,10-13H2,1-2H3/t16-,17-/m1/s1. The number of piperazine rings is 1. The zero-order valence-corrected chi connectivity index (χ0v) is 15.1. The van der Waals surface area contributed by atoms with Crippen LogP contribution in [0.1, 0.15) is 18.9 Å². The number of likely N-dealkylation sites (N-methyl/N-ethyl adjacent to an activating group) is 1. The zero-order valence-electron chi connectivity index (χ0n) is 15.1. The molecule has 0 saturated carbocycles. The van der Waals surface area contributed by atoms with Crippen molar-refractivity contribution in [2.75, 3.05) is 64.4 Å². The first kappa shape index (κ1) is 17.6. The van der Waals surface area contributed by atoms with E-state index in [0.29, 0.717) is 11.8 Å². The van der Waals surface area contributed by atoms with E-state index in [0.717, 1.165) is 64.5 Å². The first-order valence-electron chi connectivity index (χ1n) is 9.26. The van der Waals surface area contributed by atoms with Gasteiger partial charge < -0.3 is 19.8 Å². The second kappa shape index (κ2) is 8.23. The van der Waals surface area contributed by atoms with Crippen molar-refractivity contribution >= 4 is 5.82 Å². The normalized spacial score (nSPS) is 26.2. The summed E-state index contributed by atoms with van der Waals surface area (Å²) < 4.78 is 0. The maximum absolute atomic E-state index is 9.86. The van der Waals surface area contributed by atoms with Crippen LogP contribution >= 0.6 is 0 Å². The van der Waals surface area contributed by atoms with Crippen molar-refractivity contribution in [2.24, 2.45) is 11.8 Å². The van der Waals surface area contributed by atoms with Crippen LogP contribution in [0.2, 0.25) is 0 Å². The van der Waals surface area contributed by atoms with E-state index < -0.39 is 0 Å². The molecule has 0 radical (unpaired) electrons.